The molecule has 5 aromatic rings. The number of imidazole rings is 2. The molecule has 3 aromatic carbocycles. The van der Waals surface area contributed by atoms with E-state index in [9.17, 15) is 4.79 Å². The number of benzene rings is 3. The second kappa shape index (κ2) is 7.71. The lowest BCUT2D eigenvalue weighted by Gasteiger charge is -2.12. The molecule has 148 valence electrons. The average Bonchev–Trinajstić information content (AvgIpc) is 3.35. The molecule has 7 nitrogen and oxygen atoms in total. The smallest absolute Gasteiger partial charge is 0.258 e. The molecule has 30 heavy (non-hydrogen) atoms. The highest BCUT2D eigenvalue weighted by Gasteiger charge is 2.15. The minimum Gasteiger partial charge on any atom is -0.486 e. The van der Waals surface area contributed by atoms with Crippen molar-refractivity contribution in [2.45, 2.75) is 13.2 Å². The first-order valence-corrected chi connectivity index (χ1v) is 9.62. The van der Waals surface area contributed by atoms with Crippen LogP contribution in [0.4, 0.5) is 0 Å². The molecule has 0 spiro atoms. The third kappa shape index (κ3) is 3.48. The monoisotopic (exact) mass is 397 g/mol. The Kier molecular flexibility index (Phi) is 4.61. The predicted octanol–water partition coefficient (Wildman–Crippen LogP) is 3.74. The van der Waals surface area contributed by atoms with Gasteiger partial charge in [0.2, 0.25) is 0 Å². The van der Waals surface area contributed by atoms with E-state index < -0.39 is 0 Å². The second-order valence-electron chi connectivity index (χ2n) is 6.84. The first-order valence-electron chi connectivity index (χ1n) is 9.62. The summed E-state index contributed by atoms with van der Waals surface area (Å²) in [5.41, 5.74) is 6.27. The Morgan fingerprint density at radius 2 is 1.57 bits per heavy atom. The molecule has 0 aliphatic carbocycles. The summed E-state index contributed by atoms with van der Waals surface area (Å²) >= 11 is 0. The van der Waals surface area contributed by atoms with Crippen LogP contribution in [0.3, 0.4) is 0 Å². The van der Waals surface area contributed by atoms with Gasteiger partial charge in [-0.25, -0.2) is 14.6 Å². The van der Waals surface area contributed by atoms with E-state index in [0.717, 1.165) is 27.8 Å². The number of hydrogen-bond acceptors (Lipinski definition) is 4. The standard InChI is InChI=1S/C23H19N5O2/c29-23(26-28-16-24-18-10-4-7-13-21(18)28)14-27-20-12-6-5-11-19(20)25-22(27)15-30-17-8-2-1-3-9-17/h1-13,16H,14-15H2,(H,26,29). The maximum atomic E-state index is 12.8. The van der Waals surface area contributed by atoms with Gasteiger partial charge >= 0.3 is 0 Å². The number of ether oxygens (including phenoxy) is 1. The average molecular weight is 397 g/mol. The van der Waals surface area contributed by atoms with Crippen molar-refractivity contribution in [3.8, 4) is 5.75 Å². The molecule has 7 heteroatoms. The molecule has 0 radical (unpaired) electrons. The van der Waals surface area contributed by atoms with Crippen LogP contribution in [-0.2, 0) is 17.9 Å². The van der Waals surface area contributed by atoms with Crippen molar-refractivity contribution in [3.63, 3.8) is 0 Å². The third-order valence-electron chi connectivity index (χ3n) is 4.85. The van der Waals surface area contributed by atoms with E-state index in [1.807, 2.05) is 83.4 Å². The lowest BCUT2D eigenvalue weighted by Crippen LogP contribution is -2.27. The molecule has 0 aliphatic rings. The molecule has 0 saturated heterocycles. The molecule has 0 fully saturated rings. The summed E-state index contributed by atoms with van der Waals surface area (Å²) in [5, 5.41) is 0. The molecule has 1 amide bonds. The number of rotatable bonds is 6. The van der Waals surface area contributed by atoms with Crippen molar-refractivity contribution >= 4 is 28.0 Å². The lowest BCUT2D eigenvalue weighted by atomic mass is 10.3. The molecule has 0 atom stereocenters. The number of nitrogens with one attached hydrogen (secondary N) is 1. The highest BCUT2D eigenvalue weighted by Crippen LogP contribution is 2.18. The number of carbonyl (C=O) groups excluding carboxylic acids is 1. The summed E-state index contributed by atoms with van der Waals surface area (Å²) in [6, 6.07) is 24.9. The number of carbonyl (C=O) groups is 1. The Hall–Kier alpha value is -4.13. The van der Waals surface area contributed by atoms with Crippen LogP contribution in [0.2, 0.25) is 0 Å². The van der Waals surface area contributed by atoms with E-state index in [1.165, 1.54) is 0 Å². The van der Waals surface area contributed by atoms with E-state index in [-0.39, 0.29) is 19.1 Å². The summed E-state index contributed by atoms with van der Waals surface area (Å²) < 4.78 is 9.39. The lowest BCUT2D eigenvalue weighted by molar-refractivity contribution is -0.117. The van der Waals surface area contributed by atoms with Crippen LogP contribution in [0, 0.1) is 0 Å². The fourth-order valence-corrected chi connectivity index (χ4v) is 3.44. The molecule has 2 aromatic heterocycles. The van der Waals surface area contributed by atoms with Gasteiger partial charge in [0.1, 0.15) is 31.1 Å². The Morgan fingerprint density at radius 3 is 2.40 bits per heavy atom. The zero-order valence-corrected chi connectivity index (χ0v) is 16.1. The van der Waals surface area contributed by atoms with Gasteiger partial charge in [-0.2, -0.15) is 0 Å². The number of fused-ring (bicyclic) bond motifs is 2. The summed E-state index contributed by atoms with van der Waals surface area (Å²) in [4.78, 5) is 21.8. The maximum absolute atomic E-state index is 12.8. The van der Waals surface area contributed by atoms with Crippen molar-refractivity contribution in [2.24, 2.45) is 0 Å². The molecule has 0 saturated carbocycles. The van der Waals surface area contributed by atoms with Crippen LogP contribution in [-0.4, -0.2) is 25.1 Å². The van der Waals surface area contributed by atoms with Gasteiger partial charge in [0.25, 0.3) is 5.91 Å². The largest absolute Gasteiger partial charge is 0.486 e. The SMILES string of the molecule is O=C(Cn1c(COc2ccccc2)nc2ccccc21)Nn1cnc2ccccc21. The van der Waals surface area contributed by atoms with Crippen LogP contribution < -0.4 is 10.2 Å². The van der Waals surface area contributed by atoms with Gasteiger partial charge in [0.05, 0.1) is 22.1 Å². The van der Waals surface area contributed by atoms with E-state index >= 15 is 0 Å². The minimum atomic E-state index is -0.178. The van der Waals surface area contributed by atoms with Gasteiger partial charge in [-0.15, -0.1) is 0 Å². The summed E-state index contributed by atoms with van der Waals surface area (Å²) in [5.74, 6) is 1.26. The van der Waals surface area contributed by atoms with Crippen LogP contribution in [0.15, 0.2) is 85.2 Å². The van der Waals surface area contributed by atoms with Gasteiger partial charge in [0.15, 0.2) is 0 Å². The third-order valence-corrected chi connectivity index (χ3v) is 4.85. The van der Waals surface area contributed by atoms with Crippen LogP contribution in [0.1, 0.15) is 5.82 Å². The van der Waals surface area contributed by atoms with Crippen LogP contribution in [0.5, 0.6) is 5.75 Å². The first-order chi connectivity index (χ1) is 14.8. The minimum absolute atomic E-state index is 0.112. The molecule has 0 bridgehead atoms. The van der Waals surface area contributed by atoms with E-state index in [4.69, 9.17) is 4.74 Å². The van der Waals surface area contributed by atoms with Gasteiger partial charge in [0, 0.05) is 0 Å². The number of para-hydroxylation sites is 5. The van der Waals surface area contributed by atoms with Gasteiger partial charge < -0.3 is 9.30 Å². The van der Waals surface area contributed by atoms with Crippen LogP contribution in [0.25, 0.3) is 22.1 Å². The van der Waals surface area contributed by atoms with E-state index in [1.54, 1.807) is 11.0 Å². The summed E-state index contributed by atoms with van der Waals surface area (Å²) in [6.07, 6.45) is 1.61. The Morgan fingerprint density at radius 1 is 0.867 bits per heavy atom. The van der Waals surface area contributed by atoms with Gasteiger partial charge in [-0.05, 0) is 36.4 Å². The number of amides is 1. The number of nitrogens with zero attached hydrogens (tertiary/aromatic N) is 4. The highest BCUT2D eigenvalue weighted by molar-refractivity contribution is 5.88. The quantitative estimate of drug-likeness (QED) is 0.474. The molecule has 0 unspecified atom stereocenters. The van der Waals surface area contributed by atoms with Crippen molar-refractivity contribution in [1.82, 2.24) is 19.2 Å². The molecule has 0 aliphatic heterocycles. The van der Waals surface area contributed by atoms with Crippen molar-refractivity contribution in [2.75, 3.05) is 5.43 Å². The van der Waals surface area contributed by atoms with Crippen molar-refractivity contribution in [1.29, 1.82) is 0 Å². The first kappa shape index (κ1) is 17.9. The fraction of sp³-hybridized carbons (Fsp3) is 0.0870. The Balaban J connectivity index is 1.40. The van der Waals surface area contributed by atoms with Gasteiger partial charge in [-0.3, -0.25) is 10.2 Å². The van der Waals surface area contributed by atoms with Gasteiger partial charge in [-0.1, -0.05) is 42.5 Å². The molecule has 2 heterocycles. The maximum Gasteiger partial charge on any atom is 0.258 e. The summed E-state index contributed by atoms with van der Waals surface area (Å²) in [7, 11) is 0. The normalized spacial score (nSPS) is 11.1. The van der Waals surface area contributed by atoms with Crippen molar-refractivity contribution in [3.05, 3.63) is 91.0 Å². The topological polar surface area (TPSA) is 74.0 Å². The highest BCUT2D eigenvalue weighted by atomic mass is 16.5. The second-order valence-corrected chi connectivity index (χ2v) is 6.84. The zero-order valence-electron chi connectivity index (χ0n) is 16.1. The molecular weight excluding hydrogens is 378 g/mol. The zero-order chi connectivity index (χ0) is 20.3. The predicted molar refractivity (Wildman–Crippen MR) is 115 cm³/mol. The number of hydrogen-bond donors (Lipinski definition) is 1. The Bertz CT molecular complexity index is 1320. The molecular formula is C23H19N5O2. The van der Waals surface area contributed by atoms with E-state index in [0.29, 0.717) is 5.82 Å². The Labute approximate surface area is 172 Å². The molecule has 1 N–H and O–H groups in total. The van der Waals surface area contributed by atoms with Crippen molar-refractivity contribution < 1.29 is 9.53 Å². The number of aromatic nitrogens is 4. The fourth-order valence-electron chi connectivity index (χ4n) is 3.44. The van der Waals surface area contributed by atoms with E-state index in [2.05, 4.69) is 15.4 Å². The summed E-state index contributed by atoms with van der Waals surface area (Å²) in [6.45, 7) is 0.375. The molecule has 5 rings (SSSR count). The van der Waals surface area contributed by atoms with Crippen LogP contribution >= 0.6 is 0 Å².